The van der Waals surface area contributed by atoms with Crippen LogP contribution in [0.4, 0.5) is 0 Å². The molecule has 0 aliphatic carbocycles. The number of nitrogens with zero attached hydrogens (tertiary/aromatic N) is 1. The molecule has 120 valence electrons. The van der Waals surface area contributed by atoms with Gasteiger partial charge in [-0.15, -0.1) is 0 Å². The lowest BCUT2D eigenvalue weighted by Gasteiger charge is -2.29. The van der Waals surface area contributed by atoms with Crippen molar-refractivity contribution in [2.75, 3.05) is 13.1 Å². The molecule has 0 bridgehead atoms. The summed E-state index contributed by atoms with van der Waals surface area (Å²) >= 11 is 0. The van der Waals surface area contributed by atoms with Crippen LogP contribution in [0.5, 0.6) is 0 Å². The van der Waals surface area contributed by atoms with Gasteiger partial charge in [-0.2, -0.15) is 0 Å². The maximum atomic E-state index is 12.3. The molecule has 1 saturated heterocycles. The summed E-state index contributed by atoms with van der Waals surface area (Å²) in [6.45, 7) is 5.26. The number of carbonyl (C=O) groups excluding carboxylic acids is 2. The van der Waals surface area contributed by atoms with E-state index in [2.05, 4.69) is 5.32 Å². The van der Waals surface area contributed by atoms with Gasteiger partial charge in [-0.25, -0.2) is 0 Å². The zero-order chi connectivity index (χ0) is 16.1. The summed E-state index contributed by atoms with van der Waals surface area (Å²) in [6.07, 6.45) is 3.24. The molecule has 0 saturated carbocycles. The third-order valence-electron chi connectivity index (χ3n) is 4.12. The van der Waals surface area contributed by atoms with Crippen molar-refractivity contribution in [3.63, 3.8) is 0 Å². The van der Waals surface area contributed by atoms with E-state index in [1.165, 1.54) is 6.42 Å². The third-order valence-corrected chi connectivity index (χ3v) is 4.12. The van der Waals surface area contributed by atoms with E-state index in [1.54, 1.807) is 6.92 Å². The normalized spacial score (nSPS) is 17.7. The van der Waals surface area contributed by atoms with Gasteiger partial charge in [0.15, 0.2) is 0 Å². The first-order chi connectivity index (χ1) is 10.5. The average molecular weight is 303 g/mol. The van der Waals surface area contributed by atoms with Gasteiger partial charge in [-0.3, -0.25) is 9.59 Å². The predicted octanol–water partition coefficient (Wildman–Crippen LogP) is 1.51. The van der Waals surface area contributed by atoms with Crippen LogP contribution in [0.2, 0.25) is 0 Å². The van der Waals surface area contributed by atoms with Gasteiger partial charge in [0.05, 0.1) is 0 Å². The molecule has 2 atom stereocenters. The zero-order valence-corrected chi connectivity index (χ0v) is 13.3. The topological polar surface area (TPSA) is 75.4 Å². The highest BCUT2D eigenvalue weighted by molar-refractivity contribution is 5.90. The van der Waals surface area contributed by atoms with Crippen molar-refractivity contribution in [3.05, 3.63) is 35.4 Å². The first-order valence-electron chi connectivity index (χ1n) is 7.90. The molecule has 2 rings (SSSR count). The van der Waals surface area contributed by atoms with Crippen LogP contribution < -0.4 is 11.1 Å². The Balaban J connectivity index is 1.92. The van der Waals surface area contributed by atoms with Crippen LogP contribution in [0, 0.1) is 6.92 Å². The number of benzene rings is 1. The molecule has 0 aromatic heterocycles. The molecule has 2 unspecified atom stereocenters. The Morgan fingerprint density at radius 1 is 1.14 bits per heavy atom. The van der Waals surface area contributed by atoms with Crippen LogP contribution >= 0.6 is 0 Å². The van der Waals surface area contributed by atoms with Gasteiger partial charge in [-0.1, -0.05) is 29.8 Å². The Kier molecular flexibility index (Phi) is 5.55. The monoisotopic (exact) mass is 303 g/mol. The summed E-state index contributed by atoms with van der Waals surface area (Å²) in [6, 6.07) is 6.24. The highest BCUT2D eigenvalue weighted by Crippen LogP contribution is 2.13. The van der Waals surface area contributed by atoms with Gasteiger partial charge in [0.2, 0.25) is 11.8 Å². The fourth-order valence-electron chi connectivity index (χ4n) is 2.68. The first kappa shape index (κ1) is 16.5. The summed E-state index contributed by atoms with van der Waals surface area (Å²) in [5.41, 5.74) is 7.84. The fraction of sp³-hybridized carbons (Fsp3) is 0.529. The molecular weight excluding hydrogens is 278 g/mol. The van der Waals surface area contributed by atoms with Crippen molar-refractivity contribution < 1.29 is 9.59 Å². The van der Waals surface area contributed by atoms with E-state index in [-0.39, 0.29) is 11.8 Å². The molecule has 0 radical (unpaired) electrons. The highest BCUT2D eigenvalue weighted by atomic mass is 16.2. The second kappa shape index (κ2) is 7.40. The van der Waals surface area contributed by atoms with Crippen LogP contribution in [-0.2, 0) is 9.59 Å². The lowest BCUT2D eigenvalue weighted by atomic mass is 10.0. The lowest BCUT2D eigenvalue weighted by Crippen LogP contribution is -2.50. The molecular formula is C17H25N3O2. The number of carbonyl (C=O) groups is 2. The third kappa shape index (κ3) is 4.07. The van der Waals surface area contributed by atoms with E-state index < -0.39 is 12.1 Å². The molecule has 22 heavy (non-hydrogen) atoms. The van der Waals surface area contributed by atoms with Crippen molar-refractivity contribution in [1.29, 1.82) is 0 Å². The SMILES string of the molecule is Cc1ccc(C(N)C(=O)NC(C)C(=O)N2CCCCC2)cc1. The number of nitrogens with two attached hydrogens (primary N) is 1. The molecule has 5 heteroatoms. The number of amides is 2. The summed E-state index contributed by atoms with van der Waals surface area (Å²) in [5.74, 6) is -0.342. The second-order valence-electron chi connectivity index (χ2n) is 6.00. The minimum Gasteiger partial charge on any atom is -0.343 e. The molecule has 1 aliphatic heterocycles. The molecule has 0 spiro atoms. The zero-order valence-electron chi connectivity index (χ0n) is 13.3. The van der Waals surface area contributed by atoms with Crippen LogP contribution in [0.3, 0.4) is 0 Å². The minimum atomic E-state index is -0.753. The van der Waals surface area contributed by atoms with Crippen molar-refractivity contribution in [1.82, 2.24) is 10.2 Å². The van der Waals surface area contributed by atoms with Crippen molar-refractivity contribution in [2.45, 2.75) is 45.2 Å². The van der Waals surface area contributed by atoms with Gasteiger partial charge in [-0.05, 0) is 38.7 Å². The molecule has 1 aliphatic rings. The van der Waals surface area contributed by atoms with Gasteiger partial charge < -0.3 is 16.0 Å². The fourth-order valence-corrected chi connectivity index (χ4v) is 2.68. The van der Waals surface area contributed by atoms with E-state index >= 15 is 0 Å². The van der Waals surface area contributed by atoms with E-state index in [0.29, 0.717) is 0 Å². The van der Waals surface area contributed by atoms with Gasteiger partial charge in [0, 0.05) is 13.1 Å². The highest BCUT2D eigenvalue weighted by Gasteiger charge is 2.25. The standard InChI is InChI=1S/C17H25N3O2/c1-12-6-8-14(9-7-12)15(18)16(21)19-13(2)17(22)20-10-4-3-5-11-20/h6-9,13,15H,3-5,10-11,18H2,1-2H3,(H,19,21). The lowest BCUT2D eigenvalue weighted by molar-refractivity contribution is -0.137. The van der Waals surface area contributed by atoms with Crippen LogP contribution in [0.15, 0.2) is 24.3 Å². The largest absolute Gasteiger partial charge is 0.343 e. The maximum Gasteiger partial charge on any atom is 0.244 e. The number of aryl methyl sites for hydroxylation is 1. The Morgan fingerprint density at radius 3 is 2.32 bits per heavy atom. The number of likely N-dealkylation sites (tertiary alicyclic amines) is 1. The van der Waals surface area contributed by atoms with Crippen molar-refractivity contribution in [2.24, 2.45) is 5.73 Å². The van der Waals surface area contributed by atoms with Crippen LogP contribution in [0.25, 0.3) is 0 Å². The van der Waals surface area contributed by atoms with Gasteiger partial charge in [0.1, 0.15) is 12.1 Å². The van der Waals surface area contributed by atoms with Crippen molar-refractivity contribution in [3.8, 4) is 0 Å². The summed E-state index contributed by atoms with van der Waals surface area (Å²) in [7, 11) is 0. The smallest absolute Gasteiger partial charge is 0.244 e. The molecule has 1 fully saturated rings. The molecule has 1 aromatic carbocycles. The predicted molar refractivity (Wildman–Crippen MR) is 86.1 cm³/mol. The molecule has 1 heterocycles. The van der Waals surface area contributed by atoms with Crippen LogP contribution in [0.1, 0.15) is 43.4 Å². The number of hydrogen-bond acceptors (Lipinski definition) is 3. The first-order valence-corrected chi connectivity index (χ1v) is 7.90. The Hall–Kier alpha value is -1.88. The van der Waals surface area contributed by atoms with E-state index in [1.807, 2.05) is 36.1 Å². The second-order valence-corrected chi connectivity index (χ2v) is 6.00. The van der Waals surface area contributed by atoms with E-state index in [9.17, 15) is 9.59 Å². The van der Waals surface area contributed by atoms with Gasteiger partial charge in [0.25, 0.3) is 0 Å². The maximum absolute atomic E-state index is 12.3. The summed E-state index contributed by atoms with van der Waals surface area (Å²) < 4.78 is 0. The molecule has 1 aromatic rings. The number of piperidine rings is 1. The Morgan fingerprint density at radius 2 is 1.73 bits per heavy atom. The quantitative estimate of drug-likeness (QED) is 0.885. The van der Waals surface area contributed by atoms with Crippen LogP contribution in [-0.4, -0.2) is 35.8 Å². The average Bonchev–Trinajstić information content (AvgIpc) is 2.54. The Labute approximate surface area is 131 Å². The number of nitrogens with one attached hydrogen (secondary N) is 1. The summed E-state index contributed by atoms with van der Waals surface area (Å²) in [4.78, 5) is 26.4. The molecule has 2 amide bonds. The number of rotatable bonds is 4. The molecule has 3 N–H and O–H groups in total. The molecule has 5 nitrogen and oxygen atoms in total. The van der Waals surface area contributed by atoms with Crippen molar-refractivity contribution >= 4 is 11.8 Å². The summed E-state index contributed by atoms with van der Waals surface area (Å²) in [5, 5.41) is 2.73. The van der Waals surface area contributed by atoms with E-state index in [4.69, 9.17) is 5.73 Å². The number of hydrogen-bond donors (Lipinski definition) is 2. The Bertz CT molecular complexity index is 521. The van der Waals surface area contributed by atoms with E-state index in [0.717, 1.165) is 37.1 Å². The van der Waals surface area contributed by atoms with Gasteiger partial charge >= 0.3 is 0 Å². The minimum absolute atomic E-state index is 0.0239.